The zero-order valence-corrected chi connectivity index (χ0v) is 12.1. The Kier molecular flexibility index (Phi) is 3.73. The van der Waals surface area contributed by atoms with Crippen LogP contribution in [0, 0.1) is 5.92 Å². The lowest BCUT2D eigenvalue weighted by atomic mass is 10.0. The Balaban J connectivity index is 1.70. The highest BCUT2D eigenvalue weighted by Gasteiger charge is 2.24. The number of thiazole rings is 1. The Labute approximate surface area is 121 Å². The van der Waals surface area contributed by atoms with Gasteiger partial charge in [-0.25, -0.2) is 15.0 Å². The van der Waals surface area contributed by atoms with Crippen LogP contribution in [-0.4, -0.2) is 38.8 Å². The van der Waals surface area contributed by atoms with Crippen LogP contribution in [0.25, 0.3) is 10.7 Å². The van der Waals surface area contributed by atoms with Gasteiger partial charge in [-0.1, -0.05) is 0 Å². The van der Waals surface area contributed by atoms with Crippen molar-refractivity contribution in [3.05, 3.63) is 29.7 Å². The molecule has 0 saturated carbocycles. The van der Waals surface area contributed by atoms with Crippen molar-refractivity contribution in [1.82, 2.24) is 19.9 Å². The van der Waals surface area contributed by atoms with Crippen LogP contribution in [0.2, 0.25) is 0 Å². The van der Waals surface area contributed by atoms with E-state index in [-0.39, 0.29) is 5.91 Å². The van der Waals surface area contributed by atoms with Gasteiger partial charge in [-0.15, -0.1) is 11.3 Å². The number of nitrogens with zero attached hydrogens (tertiary/aromatic N) is 4. The third-order valence-corrected chi connectivity index (χ3v) is 4.40. The molecule has 0 bridgehead atoms. The number of rotatable bonds is 3. The fourth-order valence-corrected chi connectivity index (χ4v) is 3.16. The van der Waals surface area contributed by atoms with Gasteiger partial charge in [0.2, 0.25) is 5.91 Å². The first kappa shape index (κ1) is 13.2. The lowest BCUT2D eigenvalue weighted by molar-refractivity contribution is -0.127. The number of carbonyl (C=O) groups excluding carboxylic acids is 1. The van der Waals surface area contributed by atoms with Crippen molar-refractivity contribution in [3.63, 3.8) is 0 Å². The number of likely N-dealkylation sites (tertiary alicyclic amines) is 1. The number of amides is 1. The summed E-state index contributed by atoms with van der Waals surface area (Å²) in [7, 11) is 0. The van der Waals surface area contributed by atoms with Crippen molar-refractivity contribution >= 4 is 17.2 Å². The molecule has 5 nitrogen and oxygen atoms in total. The maximum absolute atomic E-state index is 11.3. The van der Waals surface area contributed by atoms with Crippen molar-refractivity contribution in [2.24, 2.45) is 5.92 Å². The molecule has 0 unspecified atom stereocenters. The zero-order chi connectivity index (χ0) is 13.9. The average molecular weight is 288 g/mol. The molecule has 3 rings (SSSR count). The number of carbonyl (C=O) groups is 1. The van der Waals surface area contributed by atoms with E-state index in [0.717, 1.165) is 42.3 Å². The molecular weight excluding hydrogens is 272 g/mol. The standard InChI is InChI=1S/C14H16N4OS/c1-10(19)18-4-2-11(8-18)6-12-7-13(17-9-16-12)14-15-3-5-20-14/h3,5,7,9,11H,2,4,6,8H2,1H3/t11-/m0/s1. The molecule has 20 heavy (non-hydrogen) atoms. The van der Waals surface area contributed by atoms with E-state index < -0.39 is 0 Å². The summed E-state index contributed by atoms with van der Waals surface area (Å²) in [6.07, 6.45) is 5.33. The van der Waals surface area contributed by atoms with Crippen LogP contribution >= 0.6 is 11.3 Å². The highest BCUT2D eigenvalue weighted by molar-refractivity contribution is 7.13. The molecule has 3 heterocycles. The summed E-state index contributed by atoms with van der Waals surface area (Å²) in [5.74, 6) is 0.664. The quantitative estimate of drug-likeness (QED) is 0.867. The van der Waals surface area contributed by atoms with Crippen molar-refractivity contribution in [2.45, 2.75) is 19.8 Å². The van der Waals surface area contributed by atoms with Crippen molar-refractivity contribution in [1.29, 1.82) is 0 Å². The van der Waals surface area contributed by atoms with Gasteiger partial charge in [0.1, 0.15) is 17.0 Å². The van der Waals surface area contributed by atoms with E-state index in [0.29, 0.717) is 5.92 Å². The molecule has 104 valence electrons. The van der Waals surface area contributed by atoms with Crippen LogP contribution in [0.15, 0.2) is 24.0 Å². The Morgan fingerprint density at radius 3 is 3.05 bits per heavy atom. The summed E-state index contributed by atoms with van der Waals surface area (Å²) in [5, 5.41) is 2.86. The van der Waals surface area contributed by atoms with Gasteiger partial charge >= 0.3 is 0 Å². The molecule has 0 spiro atoms. The maximum atomic E-state index is 11.3. The summed E-state index contributed by atoms with van der Waals surface area (Å²) >= 11 is 1.58. The summed E-state index contributed by atoms with van der Waals surface area (Å²) in [6, 6.07) is 2.01. The highest BCUT2D eigenvalue weighted by Crippen LogP contribution is 2.23. The molecule has 1 fully saturated rings. The predicted molar refractivity (Wildman–Crippen MR) is 77.2 cm³/mol. The molecular formula is C14H16N4OS. The van der Waals surface area contributed by atoms with Crippen molar-refractivity contribution in [2.75, 3.05) is 13.1 Å². The van der Waals surface area contributed by atoms with E-state index in [2.05, 4.69) is 15.0 Å². The summed E-state index contributed by atoms with van der Waals surface area (Å²) < 4.78 is 0. The van der Waals surface area contributed by atoms with Crippen LogP contribution in [0.5, 0.6) is 0 Å². The van der Waals surface area contributed by atoms with Gasteiger partial charge in [0.05, 0.1) is 0 Å². The van der Waals surface area contributed by atoms with Crippen LogP contribution in [0.1, 0.15) is 19.0 Å². The third kappa shape index (κ3) is 2.85. The molecule has 0 aliphatic carbocycles. The number of hydrogen-bond acceptors (Lipinski definition) is 5. The minimum atomic E-state index is 0.165. The minimum absolute atomic E-state index is 0.165. The second-order valence-corrected chi connectivity index (χ2v) is 5.95. The van der Waals surface area contributed by atoms with Crippen LogP contribution < -0.4 is 0 Å². The molecule has 0 aromatic carbocycles. The van der Waals surface area contributed by atoms with Crippen LogP contribution in [-0.2, 0) is 11.2 Å². The van der Waals surface area contributed by atoms with E-state index in [9.17, 15) is 4.79 Å². The highest BCUT2D eigenvalue weighted by atomic mass is 32.1. The maximum Gasteiger partial charge on any atom is 0.219 e. The Morgan fingerprint density at radius 2 is 2.35 bits per heavy atom. The van der Waals surface area contributed by atoms with Gasteiger partial charge in [0.25, 0.3) is 0 Å². The molecule has 6 heteroatoms. The normalized spacial score (nSPS) is 18.4. The first-order valence-corrected chi connectivity index (χ1v) is 7.56. The van der Waals surface area contributed by atoms with E-state index >= 15 is 0 Å². The summed E-state index contributed by atoms with van der Waals surface area (Å²) in [6.45, 7) is 3.34. The predicted octanol–water partition coefficient (Wildman–Crippen LogP) is 2.01. The molecule has 0 N–H and O–H groups in total. The van der Waals surface area contributed by atoms with Gasteiger partial charge in [0, 0.05) is 37.3 Å². The van der Waals surface area contributed by atoms with Gasteiger partial charge in [-0.05, 0) is 24.8 Å². The number of hydrogen-bond donors (Lipinski definition) is 0. The summed E-state index contributed by atoms with van der Waals surface area (Å²) in [5.41, 5.74) is 1.91. The molecule has 1 atom stereocenters. The first-order chi connectivity index (χ1) is 9.72. The lowest BCUT2D eigenvalue weighted by Crippen LogP contribution is -2.26. The fourth-order valence-electron chi connectivity index (χ4n) is 2.56. The summed E-state index contributed by atoms with van der Waals surface area (Å²) in [4.78, 5) is 26.1. The van der Waals surface area contributed by atoms with E-state index in [1.165, 1.54) is 0 Å². The van der Waals surface area contributed by atoms with Gasteiger partial charge in [-0.2, -0.15) is 0 Å². The third-order valence-electron chi connectivity index (χ3n) is 3.60. The Bertz CT molecular complexity index is 599. The molecule has 2 aromatic rings. The zero-order valence-electron chi connectivity index (χ0n) is 11.3. The minimum Gasteiger partial charge on any atom is -0.343 e. The first-order valence-electron chi connectivity index (χ1n) is 6.68. The second kappa shape index (κ2) is 5.66. The van der Waals surface area contributed by atoms with Gasteiger partial charge in [0.15, 0.2) is 0 Å². The lowest BCUT2D eigenvalue weighted by Gasteiger charge is -2.13. The molecule has 1 aliphatic heterocycles. The average Bonchev–Trinajstić information content (AvgIpc) is 3.10. The SMILES string of the molecule is CC(=O)N1CC[C@@H](Cc2cc(-c3nccs3)ncn2)C1. The molecule has 1 saturated heterocycles. The Morgan fingerprint density at radius 1 is 1.45 bits per heavy atom. The van der Waals surface area contributed by atoms with Crippen molar-refractivity contribution < 1.29 is 4.79 Å². The molecule has 1 amide bonds. The smallest absolute Gasteiger partial charge is 0.219 e. The molecule has 0 radical (unpaired) electrons. The van der Waals surface area contributed by atoms with Crippen molar-refractivity contribution in [3.8, 4) is 10.7 Å². The largest absolute Gasteiger partial charge is 0.343 e. The van der Waals surface area contributed by atoms with E-state index in [1.807, 2.05) is 16.3 Å². The fraction of sp³-hybridized carbons (Fsp3) is 0.429. The monoisotopic (exact) mass is 288 g/mol. The van der Waals surface area contributed by atoms with Gasteiger partial charge < -0.3 is 4.90 Å². The number of aromatic nitrogens is 3. The molecule has 2 aromatic heterocycles. The van der Waals surface area contributed by atoms with E-state index in [1.54, 1.807) is 30.8 Å². The topological polar surface area (TPSA) is 59.0 Å². The second-order valence-electron chi connectivity index (χ2n) is 5.06. The molecule has 1 aliphatic rings. The van der Waals surface area contributed by atoms with E-state index in [4.69, 9.17) is 0 Å². The Hall–Kier alpha value is -1.82. The van der Waals surface area contributed by atoms with Gasteiger partial charge in [-0.3, -0.25) is 4.79 Å². The van der Waals surface area contributed by atoms with Crippen LogP contribution in [0.4, 0.5) is 0 Å². The van der Waals surface area contributed by atoms with Crippen LogP contribution in [0.3, 0.4) is 0 Å².